The van der Waals surface area contributed by atoms with Crippen molar-refractivity contribution < 1.29 is 27.9 Å². The van der Waals surface area contributed by atoms with Crippen molar-refractivity contribution in [2.24, 2.45) is 7.05 Å². The molecule has 1 aromatic heterocycles. The molecule has 0 bridgehead atoms. The van der Waals surface area contributed by atoms with Crippen LogP contribution < -0.4 is 0 Å². The van der Waals surface area contributed by atoms with Gasteiger partial charge in [-0.15, -0.1) is 0 Å². The van der Waals surface area contributed by atoms with Crippen LogP contribution in [0, 0.1) is 17.5 Å². The Hall–Kier alpha value is -3.82. The summed E-state index contributed by atoms with van der Waals surface area (Å²) in [6.45, 7) is 2.77. The maximum absolute atomic E-state index is 13.9. The summed E-state index contributed by atoms with van der Waals surface area (Å²) in [5.74, 6) is -4.24. The first-order chi connectivity index (χ1) is 16.7. The SMILES string of the molecule is C[C@H]1c2nn(C)c(-c3cc(F)c(F)c(F)c3)c2CCN1C(=O)c1cccc2c1CCN(C(=O)O)C2. The molecule has 2 amide bonds. The van der Waals surface area contributed by atoms with Crippen LogP contribution in [0.3, 0.4) is 0 Å². The van der Waals surface area contributed by atoms with Gasteiger partial charge in [-0.2, -0.15) is 5.10 Å². The highest BCUT2D eigenvalue weighted by molar-refractivity contribution is 5.96. The second-order valence-electron chi connectivity index (χ2n) is 8.91. The van der Waals surface area contributed by atoms with Gasteiger partial charge in [-0.1, -0.05) is 12.1 Å². The van der Waals surface area contributed by atoms with Gasteiger partial charge in [-0.05, 0) is 49.1 Å². The summed E-state index contributed by atoms with van der Waals surface area (Å²) in [7, 11) is 1.65. The van der Waals surface area contributed by atoms with Crippen LogP contribution in [0.15, 0.2) is 30.3 Å². The fraction of sp³-hybridized carbons (Fsp3) is 0.320. The van der Waals surface area contributed by atoms with Crippen molar-refractivity contribution in [2.45, 2.75) is 32.4 Å². The number of hydrogen-bond acceptors (Lipinski definition) is 3. The predicted octanol–water partition coefficient (Wildman–Crippen LogP) is 4.30. The molecule has 2 aliphatic rings. The van der Waals surface area contributed by atoms with Crippen molar-refractivity contribution in [3.05, 3.63) is 75.7 Å². The zero-order valence-electron chi connectivity index (χ0n) is 19.2. The molecule has 0 spiro atoms. The van der Waals surface area contributed by atoms with Gasteiger partial charge in [0, 0.05) is 43.4 Å². The molecule has 0 fully saturated rings. The van der Waals surface area contributed by atoms with Crippen LogP contribution in [0.2, 0.25) is 0 Å². The summed E-state index contributed by atoms with van der Waals surface area (Å²) < 4.78 is 42.8. The zero-order chi connectivity index (χ0) is 25.0. The molecule has 3 heterocycles. The number of fused-ring (bicyclic) bond motifs is 2. The molecule has 0 radical (unpaired) electrons. The van der Waals surface area contributed by atoms with Crippen molar-refractivity contribution in [3.8, 4) is 11.3 Å². The minimum absolute atomic E-state index is 0.171. The lowest BCUT2D eigenvalue weighted by atomic mass is 9.91. The Balaban J connectivity index is 1.47. The lowest BCUT2D eigenvalue weighted by molar-refractivity contribution is 0.0671. The van der Waals surface area contributed by atoms with E-state index in [1.54, 1.807) is 24.1 Å². The van der Waals surface area contributed by atoms with Gasteiger partial charge in [-0.25, -0.2) is 18.0 Å². The van der Waals surface area contributed by atoms with Crippen molar-refractivity contribution in [2.75, 3.05) is 13.1 Å². The van der Waals surface area contributed by atoms with E-state index < -0.39 is 29.6 Å². The maximum atomic E-state index is 13.9. The number of carbonyl (C=O) groups is 2. The number of carbonyl (C=O) groups excluding carboxylic acids is 1. The number of aromatic nitrogens is 2. The molecule has 2 aliphatic heterocycles. The molecule has 5 rings (SSSR count). The highest BCUT2D eigenvalue weighted by Crippen LogP contribution is 2.37. The normalized spacial score (nSPS) is 17.2. The number of rotatable bonds is 2. The third-order valence-electron chi connectivity index (χ3n) is 6.93. The summed E-state index contributed by atoms with van der Waals surface area (Å²) >= 11 is 0. The van der Waals surface area contributed by atoms with Crippen LogP contribution in [0.4, 0.5) is 18.0 Å². The molecule has 10 heteroatoms. The number of carboxylic acid groups (broad SMARTS) is 1. The Kier molecular flexibility index (Phi) is 5.53. The van der Waals surface area contributed by atoms with E-state index >= 15 is 0 Å². The first-order valence-corrected chi connectivity index (χ1v) is 11.3. The van der Waals surface area contributed by atoms with Crippen LogP contribution in [0.1, 0.15) is 45.7 Å². The van der Waals surface area contributed by atoms with Gasteiger partial charge >= 0.3 is 6.09 Å². The van der Waals surface area contributed by atoms with Crippen LogP contribution >= 0.6 is 0 Å². The van der Waals surface area contributed by atoms with Gasteiger partial charge in [-0.3, -0.25) is 9.48 Å². The van der Waals surface area contributed by atoms with Crippen molar-refractivity contribution in [3.63, 3.8) is 0 Å². The Morgan fingerprint density at radius 2 is 1.74 bits per heavy atom. The predicted molar refractivity (Wildman–Crippen MR) is 120 cm³/mol. The molecule has 0 saturated carbocycles. The summed E-state index contributed by atoms with van der Waals surface area (Å²) in [6.07, 6.45) is -0.125. The van der Waals surface area contributed by atoms with Gasteiger partial charge in [0.05, 0.1) is 17.4 Å². The lowest BCUT2D eigenvalue weighted by Crippen LogP contribution is -2.40. The Bertz CT molecular complexity index is 1350. The van der Waals surface area contributed by atoms with Gasteiger partial charge in [0.1, 0.15) is 0 Å². The van der Waals surface area contributed by atoms with E-state index in [4.69, 9.17) is 0 Å². The van der Waals surface area contributed by atoms with E-state index in [2.05, 4.69) is 5.10 Å². The molecule has 2 aromatic carbocycles. The molecule has 0 saturated heterocycles. The van der Waals surface area contributed by atoms with Gasteiger partial charge < -0.3 is 14.9 Å². The Labute approximate surface area is 199 Å². The van der Waals surface area contributed by atoms with E-state index in [9.17, 15) is 27.9 Å². The number of hydrogen-bond donors (Lipinski definition) is 1. The molecule has 1 atom stereocenters. The summed E-state index contributed by atoms with van der Waals surface area (Å²) in [4.78, 5) is 28.0. The highest BCUT2D eigenvalue weighted by Gasteiger charge is 2.35. The second kappa shape index (κ2) is 8.44. The molecule has 35 heavy (non-hydrogen) atoms. The van der Waals surface area contributed by atoms with Crippen molar-refractivity contribution in [1.29, 1.82) is 0 Å². The Morgan fingerprint density at radius 3 is 2.43 bits per heavy atom. The van der Waals surface area contributed by atoms with Crippen LogP contribution in [-0.4, -0.2) is 49.8 Å². The Morgan fingerprint density at radius 1 is 1.06 bits per heavy atom. The molecular weight excluding hydrogens is 461 g/mol. The second-order valence-corrected chi connectivity index (χ2v) is 8.91. The first kappa shape index (κ1) is 22.9. The van der Waals surface area contributed by atoms with Crippen LogP contribution in [-0.2, 0) is 26.4 Å². The summed E-state index contributed by atoms with van der Waals surface area (Å²) in [5, 5.41) is 13.9. The summed E-state index contributed by atoms with van der Waals surface area (Å²) in [6, 6.07) is 6.85. The van der Waals surface area contributed by atoms with Crippen LogP contribution in [0.25, 0.3) is 11.3 Å². The van der Waals surface area contributed by atoms with E-state index in [1.807, 2.05) is 13.0 Å². The van der Waals surface area contributed by atoms with E-state index in [0.29, 0.717) is 42.9 Å². The highest BCUT2D eigenvalue weighted by atomic mass is 19.2. The van der Waals surface area contributed by atoms with E-state index in [1.165, 1.54) is 9.58 Å². The molecule has 182 valence electrons. The fourth-order valence-corrected chi connectivity index (χ4v) is 5.20. The average molecular weight is 484 g/mol. The van der Waals surface area contributed by atoms with Gasteiger partial charge in [0.25, 0.3) is 5.91 Å². The quantitative estimate of drug-likeness (QED) is 0.551. The average Bonchev–Trinajstić information content (AvgIpc) is 3.18. The minimum Gasteiger partial charge on any atom is -0.465 e. The number of benzene rings is 2. The van der Waals surface area contributed by atoms with Crippen LogP contribution in [0.5, 0.6) is 0 Å². The summed E-state index contributed by atoms with van der Waals surface area (Å²) in [5.41, 5.74) is 4.27. The zero-order valence-corrected chi connectivity index (χ0v) is 19.2. The molecule has 7 nitrogen and oxygen atoms in total. The first-order valence-electron chi connectivity index (χ1n) is 11.3. The number of aryl methyl sites for hydroxylation is 1. The molecule has 0 aliphatic carbocycles. The fourth-order valence-electron chi connectivity index (χ4n) is 5.20. The topological polar surface area (TPSA) is 78.7 Å². The number of nitrogens with zero attached hydrogens (tertiary/aromatic N) is 4. The third-order valence-corrected chi connectivity index (χ3v) is 6.93. The monoisotopic (exact) mass is 484 g/mol. The largest absolute Gasteiger partial charge is 0.465 e. The molecule has 0 unspecified atom stereocenters. The van der Waals surface area contributed by atoms with E-state index in [-0.39, 0.29) is 18.0 Å². The lowest BCUT2D eigenvalue weighted by Gasteiger charge is -2.34. The number of halogens is 3. The maximum Gasteiger partial charge on any atom is 0.407 e. The van der Waals surface area contributed by atoms with Crippen molar-refractivity contribution >= 4 is 12.0 Å². The van der Waals surface area contributed by atoms with E-state index in [0.717, 1.165) is 28.8 Å². The smallest absolute Gasteiger partial charge is 0.407 e. The minimum atomic E-state index is -1.52. The van der Waals surface area contributed by atoms with Gasteiger partial charge in [0.2, 0.25) is 0 Å². The van der Waals surface area contributed by atoms with Crippen molar-refractivity contribution in [1.82, 2.24) is 19.6 Å². The molecule has 3 aromatic rings. The number of amides is 2. The third kappa shape index (κ3) is 3.73. The van der Waals surface area contributed by atoms with Gasteiger partial charge in [0.15, 0.2) is 17.5 Å². The molecular formula is C25H23F3N4O3. The standard InChI is InChI=1S/C25H23F3N4O3/c1-13-22-18(23(30(2)29-22)15-10-19(26)21(28)20(27)11-15)7-9-32(13)24(33)17-5-3-4-14-12-31(25(34)35)8-6-16(14)17/h3-5,10-11,13H,6-9,12H2,1-2H3,(H,34,35)/t13-/m0/s1. The molecule has 1 N–H and O–H groups in total.